The van der Waals surface area contributed by atoms with Gasteiger partial charge in [-0.1, -0.05) is 19.1 Å². The maximum atomic E-state index is 5.86. The zero-order chi connectivity index (χ0) is 14.4. The van der Waals surface area contributed by atoms with Gasteiger partial charge in [-0.2, -0.15) is 0 Å². The zero-order valence-corrected chi connectivity index (χ0v) is 14.3. The second kappa shape index (κ2) is 7.81. The number of thiophene rings is 1. The summed E-state index contributed by atoms with van der Waals surface area (Å²) < 4.78 is 6.98. The normalized spacial score (nSPS) is 12.3. The molecule has 0 aliphatic heterocycles. The molecule has 0 fully saturated rings. The quantitative estimate of drug-likeness (QED) is 0.742. The van der Waals surface area contributed by atoms with E-state index in [1.165, 1.54) is 10.4 Å². The summed E-state index contributed by atoms with van der Waals surface area (Å²) in [7, 11) is 0. The molecule has 2 nitrogen and oxygen atoms in total. The fourth-order valence-corrected chi connectivity index (χ4v) is 3.30. The number of hydrogen-bond donors (Lipinski definition) is 1. The fraction of sp³-hybridized carbons (Fsp3) is 0.375. The molecule has 108 valence electrons. The third-order valence-corrected chi connectivity index (χ3v) is 4.73. The Kier molecular flexibility index (Phi) is 6.07. The van der Waals surface area contributed by atoms with E-state index in [0.717, 1.165) is 23.2 Å². The summed E-state index contributed by atoms with van der Waals surface area (Å²) in [5.41, 5.74) is 1.27. The summed E-state index contributed by atoms with van der Waals surface area (Å²) in [6.07, 6.45) is 1.15. The lowest BCUT2D eigenvalue weighted by atomic mass is 10.1. The van der Waals surface area contributed by atoms with Gasteiger partial charge >= 0.3 is 0 Å². The van der Waals surface area contributed by atoms with Crippen LogP contribution in [-0.2, 0) is 6.61 Å². The molecule has 1 aromatic carbocycles. The van der Waals surface area contributed by atoms with Gasteiger partial charge in [0.1, 0.15) is 12.4 Å². The van der Waals surface area contributed by atoms with Crippen molar-refractivity contribution in [1.29, 1.82) is 0 Å². The van der Waals surface area contributed by atoms with Crippen molar-refractivity contribution in [2.45, 2.75) is 32.9 Å². The highest BCUT2D eigenvalue weighted by molar-refractivity contribution is 9.10. The summed E-state index contributed by atoms with van der Waals surface area (Å²) in [5.74, 6) is 0.928. The molecule has 0 amide bonds. The van der Waals surface area contributed by atoms with Gasteiger partial charge < -0.3 is 10.1 Å². The zero-order valence-electron chi connectivity index (χ0n) is 11.9. The number of ether oxygens (including phenoxy) is 1. The summed E-state index contributed by atoms with van der Waals surface area (Å²) >= 11 is 5.17. The van der Waals surface area contributed by atoms with Gasteiger partial charge in [0.15, 0.2) is 0 Å². The van der Waals surface area contributed by atoms with Crippen molar-refractivity contribution < 1.29 is 4.74 Å². The van der Waals surface area contributed by atoms with E-state index in [4.69, 9.17) is 4.74 Å². The third kappa shape index (κ3) is 4.62. The Morgan fingerprint density at radius 2 is 2.20 bits per heavy atom. The molecule has 0 saturated carbocycles. The SMILES string of the molecule is CCCNC(C)c1cccc(OCc2cc(Br)cs2)c1. The fourth-order valence-electron chi connectivity index (χ4n) is 1.94. The van der Waals surface area contributed by atoms with Crippen LogP contribution in [0.1, 0.15) is 36.8 Å². The van der Waals surface area contributed by atoms with Crippen LogP contribution in [0.15, 0.2) is 40.2 Å². The van der Waals surface area contributed by atoms with Crippen LogP contribution in [0.4, 0.5) is 0 Å². The lowest BCUT2D eigenvalue weighted by molar-refractivity contribution is 0.309. The average molecular weight is 354 g/mol. The Morgan fingerprint density at radius 3 is 2.90 bits per heavy atom. The first kappa shape index (κ1) is 15.5. The Morgan fingerprint density at radius 1 is 1.35 bits per heavy atom. The summed E-state index contributed by atoms with van der Waals surface area (Å²) in [4.78, 5) is 1.22. The monoisotopic (exact) mass is 353 g/mol. The maximum absolute atomic E-state index is 5.86. The van der Waals surface area contributed by atoms with Gasteiger partial charge in [-0.15, -0.1) is 11.3 Å². The summed E-state index contributed by atoms with van der Waals surface area (Å²) in [5, 5.41) is 5.57. The molecule has 0 radical (unpaired) electrons. The van der Waals surface area contributed by atoms with E-state index in [-0.39, 0.29) is 0 Å². The molecule has 20 heavy (non-hydrogen) atoms. The summed E-state index contributed by atoms with van der Waals surface area (Å²) in [6.45, 7) is 6.02. The molecular formula is C16H20BrNOS. The van der Waals surface area contributed by atoms with Gasteiger partial charge in [-0.25, -0.2) is 0 Å². The second-order valence-electron chi connectivity index (χ2n) is 4.77. The highest BCUT2D eigenvalue weighted by Gasteiger charge is 2.06. The van der Waals surface area contributed by atoms with Crippen molar-refractivity contribution in [3.63, 3.8) is 0 Å². The molecule has 1 atom stereocenters. The van der Waals surface area contributed by atoms with Gasteiger partial charge in [-0.05, 0) is 59.6 Å². The molecule has 1 unspecified atom stereocenters. The van der Waals surface area contributed by atoms with E-state index >= 15 is 0 Å². The minimum atomic E-state index is 0.356. The molecule has 0 bridgehead atoms. The van der Waals surface area contributed by atoms with Crippen LogP contribution in [0, 0.1) is 0 Å². The van der Waals surface area contributed by atoms with E-state index in [1.54, 1.807) is 11.3 Å². The molecule has 2 rings (SSSR count). The summed E-state index contributed by atoms with van der Waals surface area (Å²) in [6, 6.07) is 10.8. The highest BCUT2D eigenvalue weighted by atomic mass is 79.9. The number of rotatable bonds is 7. The Labute approximate surface area is 133 Å². The molecule has 0 aliphatic rings. The van der Waals surface area contributed by atoms with Crippen LogP contribution < -0.4 is 10.1 Å². The molecule has 2 aromatic rings. The van der Waals surface area contributed by atoms with Gasteiger partial charge in [0.25, 0.3) is 0 Å². The molecule has 0 saturated heterocycles. The maximum Gasteiger partial charge on any atom is 0.122 e. The average Bonchev–Trinajstić information content (AvgIpc) is 2.88. The van der Waals surface area contributed by atoms with Crippen molar-refractivity contribution in [2.75, 3.05) is 6.54 Å². The van der Waals surface area contributed by atoms with E-state index in [9.17, 15) is 0 Å². The minimum Gasteiger partial charge on any atom is -0.488 e. The van der Waals surface area contributed by atoms with Crippen molar-refractivity contribution >= 4 is 27.3 Å². The largest absolute Gasteiger partial charge is 0.488 e. The number of halogens is 1. The first-order valence-corrected chi connectivity index (χ1v) is 8.55. The third-order valence-electron chi connectivity index (χ3n) is 3.06. The number of nitrogens with one attached hydrogen (secondary N) is 1. The first-order chi connectivity index (χ1) is 9.69. The topological polar surface area (TPSA) is 21.3 Å². The number of benzene rings is 1. The molecule has 1 N–H and O–H groups in total. The van der Waals surface area contributed by atoms with Crippen molar-refractivity contribution in [3.05, 3.63) is 50.6 Å². The molecule has 0 aliphatic carbocycles. The second-order valence-corrected chi connectivity index (χ2v) is 6.68. The smallest absolute Gasteiger partial charge is 0.122 e. The van der Waals surface area contributed by atoms with Crippen LogP contribution in [0.5, 0.6) is 5.75 Å². The first-order valence-electron chi connectivity index (χ1n) is 6.88. The molecule has 1 aromatic heterocycles. The van der Waals surface area contributed by atoms with E-state index < -0.39 is 0 Å². The van der Waals surface area contributed by atoms with Gasteiger partial charge in [0, 0.05) is 20.8 Å². The van der Waals surface area contributed by atoms with Crippen LogP contribution in [0.25, 0.3) is 0 Å². The van der Waals surface area contributed by atoms with Crippen LogP contribution >= 0.6 is 27.3 Å². The molecular weight excluding hydrogens is 334 g/mol. The van der Waals surface area contributed by atoms with Crippen LogP contribution in [0.2, 0.25) is 0 Å². The molecule has 0 spiro atoms. The van der Waals surface area contributed by atoms with Gasteiger partial charge in [0.05, 0.1) is 0 Å². The predicted molar refractivity (Wildman–Crippen MR) is 89.5 cm³/mol. The van der Waals surface area contributed by atoms with Crippen LogP contribution in [0.3, 0.4) is 0 Å². The lowest BCUT2D eigenvalue weighted by Gasteiger charge is -2.15. The lowest BCUT2D eigenvalue weighted by Crippen LogP contribution is -2.19. The van der Waals surface area contributed by atoms with Gasteiger partial charge in [0.2, 0.25) is 0 Å². The van der Waals surface area contributed by atoms with Crippen LogP contribution in [-0.4, -0.2) is 6.54 Å². The van der Waals surface area contributed by atoms with E-state index in [1.807, 2.05) is 6.07 Å². The predicted octanol–water partition coefficient (Wildman–Crippen LogP) is 5.15. The Balaban J connectivity index is 1.95. The number of hydrogen-bond acceptors (Lipinski definition) is 3. The Bertz CT molecular complexity index is 541. The van der Waals surface area contributed by atoms with Crippen molar-refractivity contribution in [2.24, 2.45) is 0 Å². The molecule has 4 heteroatoms. The standard InChI is InChI=1S/C16H20BrNOS/c1-3-7-18-12(2)13-5-4-6-15(8-13)19-10-16-9-14(17)11-20-16/h4-6,8-9,11-12,18H,3,7,10H2,1-2H3. The van der Waals surface area contributed by atoms with Gasteiger partial charge in [-0.3, -0.25) is 0 Å². The van der Waals surface area contributed by atoms with E-state index in [2.05, 4.69) is 64.7 Å². The van der Waals surface area contributed by atoms with Crippen molar-refractivity contribution in [1.82, 2.24) is 5.32 Å². The van der Waals surface area contributed by atoms with E-state index in [0.29, 0.717) is 12.6 Å². The minimum absolute atomic E-state index is 0.356. The van der Waals surface area contributed by atoms with Crippen molar-refractivity contribution in [3.8, 4) is 5.75 Å². The Hall–Kier alpha value is -0.840. The highest BCUT2D eigenvalue weighted by Crippen LogP contribution is 2.23. The molecule has 1 heterocycles.